The van der Waals surface area contributed by atoms with E-state index < -0.39 is 0 Å². The van der Waals surface area contributed by atoms with Crippen LogP contribution in [0.2, 0.25) is 0 Å². The van der Waals surface area contributed by atoms with Crippen LogP contribution in [0, 0.1) is 0 Å². The molecule has 2 aromatic heterocycles. The molecule has 3 rings (SSSR count). The molecule has 0 radical (unpaired) electrons. The molecule has 88 valence electrons. The van der Waals surface area contributed by atoms with Crippen LogP contribution in [0.15, 0.2) is 36.7 Å². The zero-order valence-electron chi connectivity index (χ0n) is 9.16. The van der Waals surface area contributed by atoms with Gasteiger partial charge in [0.15, 0.2) is 5.82 Å². The normalized spacial score (nSPS) is 10.4. The highest BCUT2D eigenvalue weighted by Gasteiger charge is 2.11. The fraction of sp³-hybridized carbons (Fsp3) is 0. The number of carbonyl (C=O) groups excluding carboxylic acids is 1. The molecule has 1 amide bonds. The molecule has 0 fully saturated rings. The van der Waals surface area contributed by atoms with Gasteiger partial charge in [0.05, 0.1) is 0 Å². The summed E-state index contributed by atoms with van der Waals surface area (Å²) in [7, 11) is 0. The Morgan fingerprint density at radius 1 is 1.17 bits per heavy atom. The number of aromatic nitrogens is 5. The third-order valence-corrected chi connectivity index (χ3v) is 2.40. The van der Waals surface area contributed by atoms with E-state index >= 15 is 0 Å². The van der Waals surface area contributed by atoms with Crippen molar-refractivity contribution in [3.05, 3.63) is 42.2 Å². The highest BCUT2D eigenvalue weighted by molar-refractivity contribution is 6.06. The number of amides is 1. The Kier molecular flexibility index (Phi) is 2.41. The number of nitrogens with one attached hydrogen (secondary N) is 2. The van der Waals surface area contributed by atoms with Crippen molar-refractivity contribution in [1.82, 2.24) is 25.4 Å². The highest BCUT2D eigenvalue weighted by Crippen LogP contribution is 2.14. The summed E-state index contributed by atoms with van der Waals surface area (Å²) in [5.74, 6) is 0.115. The number of hydrogen-bond acceptors (Lipinski definition) is 5. The summed E-state index contributed by atoms with van der Waals surface area (Å²) in [6, 6.07) is 8.88. The lowest BCUT2D eigenvalue weighted by Gasteiger charge is -2.03. The van der Waals surface area contributed by atoms with E-state index in [9.17, 15) is 4.79 Å². The molecule has 2 heterocycles. The zero-order valence-corrected chi connectivity index (χ0v) is 9.16. The zero-order chi connectivity index (χ0) is 12.4. The van der Waals surface area contributed by atoms with Gasteiger partial charge in [-0.1, -0.05) is 23.4 Å². The summed E-state index contributed by atoms with van der Waals surface area (Å²) in [5.41, 5.74) is 1.46. The molecular formula is C11H8N6O. The van der Waals surface area contributed by atoms with Gasteiger partial charge in [0, 0.05) is 5.56 Å². The van der Waals surface area contributed by atoms with Gasteiger partial charge in [-0.3, -0.25) is 9.89 Å². The Morgan fingerprint density at radius 3 is 2.83 bits per heavy atom. The number of benzene rings is 1. The van der Waals surface area contributed by atoms with Gasteiger partial charge in [-0.05, 0) is 12.1 Å². The number of aromatic amines is 1. The average molecular weight is 240 g/mol. The van der Waals surface area contributed by atoms with E-state index in [1.54, 1.807) is 24.3 Å². The van der Waals surface area contributed by atoms with E-state index in [2.05, 4.69) is 30.7 Å². The fourth-order valence-electron chi connectivity index (χ4n) is 1.54. The first-order valence-electron chi connectivity index (χ1n) is 5.23. The number of anilines is 1. The van der Waals surface area contributed by atoms with Crippen molar-refractivity contribution in [3.63, 3.8) is 0 Å². The topological polar surface area (TPSA) is 96.5 Å². The van der Waals surface area contributed by atoms with E-state index in [0.717, 1.165) is 0 Å². The second-order valence-corrected chi connectivity index (χ2v) is 3.55. The summed E-state index contributed by atoms with van der Waals surface area (Å²) in [5, 5.41) is 12.7. The third kappa shape index (κ3) is 1.77. The van der Waals surface area contributed by atoms with Crippen LogP contribution < -0.4 is 5.32 Å². The second kappa shape index (κ2) is 4.21. The number of nitrogens with zero attached hydrogens (tertiary/aromatic N) is 4. The number of fused-ring (bicyclic) bond motifs is 1. The summed E-state index contributed by atoms with van der Waals surface area (Å²) in [6.07, 6.45) is 1.32. The predicted molar refractivity (Wildman–Crippen MR) is 63.9 cm³/mol. The Morgan fingerprint density at radius 2 is 2.00 bits per heavy atom. The maximum absolute atomic E-state index is 12.0. The van der Waals surface area contributed by atoms with Crippen LogP contribution in [0.3, 0.4) is 0 Å². The highest BCUT2D eigenvalue weighted by atomic mass is 16.1. The lowest BCUT2D eigenvalue weighted by molar-refractivity contribution is 0.102. The molecule has 2 N–H and O–H groups in total. The number of hydrogen-bond donors (Lipinski definition) is 2. The molecule has 0 unspecified atom stereocenters. The van der Waals surface area contributed by atoms with Gasteiger partial charge in [-0.15, -0.1) is 5.10 Å². The molecule has 0 spiro atoms. The summed E-state index contributed by atoms with van der Waals surface area (Å²) < 4.78 is 0. The number of carbonyl (C=O) groups is 1. The Labute approximate surface area is 101 Å². The minimum Gasteiger partial charge on any atom is -0.305 e. The van der Waals surface area contributed by atoms with Gasteiger partial charge in [-0.2, -0.15) is 0 Å². The largest absolute Gasteiger partial charge is 0.305 e. The molecule has 0 bridgehead atoms. The minimum atomic E-state index is -0.245. The van der Waals surface area contributed by atoms with Crippen LogP contribution in [-0.4, -0.2) is 31.3 Å². The van der Waals surface area contributed by atoms with Crippen LogP contribution in [-0.2, 0) is 0 Å². The molecule has 7 nitrogen and oxygen atoms in total. The summed E-state index contributed by atoms with van der Waals surface area (Å²) in [6.45, 7) is 0. The molecule has 0 aliphatic rings. The van der Waals surface area contributed by atoms with Crippen LogP contribution in [0.5, 0.6) is 0 Å². The maximum atomic E-state index is 12.0. The Balaban J connectivity index is 1.93. The second-order valence-electron chi connectivity index (χ2n) is 3.55. The molecule has 7 heteroatoms. The van der Waals surface area contributed by atoms with Crippen molar-refractivity contribution >= 4 is 22.9 Å². The van der Waals surface area contributed by atoms with Crippen molar-refractivity contribution in [2.24, 2.45) is 0 Å². The first kappa shape index (κ1) is 10.3. The van der Waals surface area contributed by atoms with Gasteiger partial charge in [0.1, 0.15) is 11.8 Å². The molecule has 0 aliphatic heterocycles. The van der Waals surface area contributed by atoms with Gasteiger partial charge < -0.3 is 5.32 Å². The molecule has 0 atom stereocenters. The van der Waals surface area contributed by atoms with E-state index in [1.807, 2.05) is 6.07 Å². The number of H-pyrrole nitrogens is 1. The van der Waals surface area contributed by atoms with E-state index in [4.69, 9.17) is 0 Å². The lowest BCUT2D eigenvalue weighted by Crippen LogP contribution is -2.13. The SMILES string of the molecule is O=C(Nc1ncnc2nn[nH]c12)c1ccccc1. The average Bonchev–Trinajstić information content (AvgIpc) is 2.89. The predicted octanol–water partition coefficient (Wildman–Crippen LogP) is 1.00. The van der Waals surface area contributed by atoms with Crippen LogP contribution in [0.25, 0.3) is 11.2 Å². The van der Waals surface area contributed by atoms with Crippen molar-refractivity contribution < 1.29 is 4.79 Å². The van der Waals surface area contributed by atoms with Crippen molar-refractivity contribution in [3.8, 4) is 0 Å². The smallest absolute Gasteiger partial charge is 0.256 e. The fourth-order valence-corrected chi connectivity index (χ4v) is 1.54. The molecule has 3 aromatic rings. The van der Waals surface area contributed by atoms with Crippen LogP contribution in [0.4, 0.5) is 5.82 Å². The molecule has 0 saturated heterocycles. The minimum absolute atomic E-state index is 0.245. The molecule has 0 aliphatic carbocycles. The molecule has 18 heavy (non-hydrogen) atoms. The third-order valence-electron chi connectivity index (χ3n) is 2.40. The van der Waals surface area contributed by atoms with Gasteiger partial charge in [-0.25, -0.2) is 9.97 Å². The van der Waals surface area contributed by atoms with Gasteiger partial charge >= 0.3 is 0 Å². The monoisotopic (exact) mass is 240 g/mol. The van der Waals surface area contributed by atoms with Crippen molar-refractivity contribution in [2.45, 2.75) is 0 Å². The van der Waals surface area contributed by atoms with Crippen LogP contribution in [0.1, 0.15) is 10.4 Å². The molecule has 1 aromatic carbocycles. The summed E-state index contributed by atoms with van der Waals surface area (Å²) >= 11 is 0. The molecular weight excluding hydrogens is 232 g/mol. The maximum Gasteiger partial charge on any atom is 0.256 e. The van der Waals surface area contributed by atoms with Crippen molar-refractivity contribution in [2.75, 3.05) is 5.32 Å². The van der Waals surface area contributed by atoms with Gasteiger partial charge in [0.25, 0.3) is 5.91 Å². The first-order valence-corrected chi connectivity index (χ1v) is 5.23. The number of rotatable bonds is 2. The summed E-state index contributed by atoms with van der Waals surface area (Å²) in [4.78, 5) is 19.9. The first-order chi connectivity index (χ1) is 8.84. The van der Waals surface area contributed by atoms with Crippen LogP contribution >= 0.6 is 0 Å². The van der Waals surface area contributed by atoms with E-state index in [0.29, 0.717) is 22.5 Å². The Hall–Kier alpha value is -2.83. The van der Waals surface area contributed by atoms with E-state index in [-0.39, 0.29) is 5.91 Å². The quantitative estimate of drug-likeness (QED) is 0.696. The molecule has 0 saturated carbocycles. The standard InChI is InChI=1S/C11H8N6O/c18-11(7-4-2-1-3-5-7)14-9-8-10(13-6-12-9)16-17-15-8/h1-6H,(H2,12,13,14,15,16,17,18). The Bertz CT molecular complexity index is 693. The van der Waals surface area contributed by atoms with E-state index in [1.165, 1.54) is 6.33 Å². The van der Waals surface area contributed by atoms with Crippen molar-refractivity contribution in [1.29, 1.82) is 0 Å². The lowest BCUT2D eigenvalue weighted by atomic mass is 10.2. The van der Waals surface area contributed by atoms with Gasteiger partial charge in [0.2, 0.25) is 5.65 Å².